The molecule has 0 fully saturated rings. The van der Waals surface area contributed by atoms with Crippen molar-refractivity contribution in [1.29, 1.82) is 0 Å². The van der Waals surface area contributed by atoms with Crippen molar-refractivity contribution in [2.45, 2.75) is 29.9 Å². The quantitative estimate of drug-likeness (QED) is 0.647. The average Bonchev–Trinajstić information content (AvgIpc) is 3.12. The smallest absolute Gasteiger partial charge is 0.236 e. The number of thioether (sulfide) groups is 1. The molecule has 7 nitrogen and oxygen atoms in total. The van der Waals surface area contributed by atoms with Crippen LogP contribution in [0.3, 0.4) is 0 Å². The number of hydrogen-bond donors (Lipinski definition) is 2. The molecule has 3 aromatic rings. The van der Waals surface area contributed by atoms with Crippen LogP contribution in [0.25, 0.3) is 0 Å². The van der Waals surface area contributed by atoms with E-state index in [4.69, 9.17) is 16.3 Å². The lowest BCUT2D eigenvalue weighted by Crippen LogP contribution is -2.44. The summed E-state index contributed by atoms with van der Waals surface area (Å²) in [6.45, 7) is 2.30. The predicted molar refractivity (Wildman–Crippen MR) is 113 cm³/mol. The zero-order valence-electron chi connectivity index (χ0n) is 15.9. The van der Waals surface area contributed by atoms with Gasteiger partial charge in [-0.15, -0.1) is 10.2 Å². The molecule has 0 saturated heterocycles. The Hall–Kier alpha value is -2.71. The highest BCUT2D eigenvalue weighted by Crippen LogP contribution is 2.37. The van der Waals surface area contributed by atoms with Crippen LogP contribution < -0.4 is 15.5 Å². The van der Waals surface area contributed by atoms with Crippen LogP contribution in [0.5, 0.6) is 5.75 Å². The summed E-state index contributed by atoms with van der Waals surface area (Å²) in [6, 6.07) is 14.9. The van der Waals surface area contributed by atoms with Gasteiger partial charge in [-0.1, -0.05) is 47.6 Å². The molecular formula is C20H20ClN5O2S. The molecule has 0 unspecified atom stereocenters. The van der Waals surface area contributed by atoms with Gasteiger partial charge in [0.05, 0.1) is 13.2 Å². The van der Waals surface area contributed by atoms with E-state index in [2.05, 4.69) is 20.9 Å². The number of carbonyl (C=O) groups excluding carboxylic acids is 1. The van der Waals surface area contributed by atoms with Crippen molar-refractivity contribution in [2.24, 2.45) is 0 Å². The van der Waals surface area contributed by atoms with Crippen LogP contribution in [0.2, 0.25) is 5.02 Å². The molecule has 0 saturated carbocycles. The number of fused-ring (bicyclic) bond motifs is 1. The van der Waals surface area contributed by atoms with Gasteiger partial charge in [0.25, 0.3) is 0 Å². The SMILES string of the molecule is COc1ccc(CNC(=O)[C@@H]2Sc3nnc(C)n3N[C@H]2c2ccc(Cl)cc2)cc1. The van der Waals surface area contributed by atoms with E-state index in [0.717, 1.165) is 22.7 Å². The van der Waals surface area contributed by atoms with Crippen LogP contribution in [-0.2, 0) is 11.3 Å². The van der Waals surface area contributed by atoms with Crippen molar-refractivity contribution in [1.82, 2.24) is 20.2 Å². The van der Waals surface area contributed by atoms with Gasteiger partial charge in [-0.3, -0.25) is 4.79 Å². The van der Waals surface area contributed by atoms with E-state index in [1.54, 1.807) is 7.11 Å². The second kappa shape index (κ2) is 8.34. The number of rotatable bonds is 5. The molecule has 2 aromatic carbocycles. The van der Waals surface area contributed by atoms with Crippen LogP contribution in [-0.4, -0.2) is 33.1 Å². The number of ether oxygens (including phenoxy) is 1. The summed E-state index contributed by atoms with van der Waals surface area (Å²) < 4.78 is 6.99. The highest BCUT2D eigenvalue weighted by molar-refractivity contribution is 8.00. The van der Waals surface area contributed by atoms with Crippen molar-refractivity contribution in [2.75, 3.05) is 12.5 Å². The number of nitrogens with one attached hydrogen (secondary N) is 2. The Labute approximate surface area is 177 Å². The molecule has 2 N–H and O–H groups in total. The maximum Gasteiger partial charge on any atom is 0.236 e. The van der Waals surface area contributed by atoms with Crippen molar-refractivity contribution in [3.63, 3.8) is 0 Å². The first kappa shape index (κ1) is 19.6. The van der Waals surface area contributed by atoms with Crippen molar-refractivity contribution >= 4 is 29.3 Å². The summed E-state index contributed by atoms with van der Waals surface area (Å²) in [4.78, 5) is 13.1. The molecule has 0 radical (unpaired) electrons. The summed E-state index contributed by atoms with van der Waals surface area (Å²) in [5.41, 5.74) is 5.33. The minimum Gasteiger partial charge on any atom is -0.497 e. The van der Waals surface area contributed by atoms with Crippen molar-refractivity contribution in [3.8, 4) is 5.75 Å². The standard InChI is InChI=1S/C20H20ClN5O2S/c1-12-23-24-20-26(12)25-17(14-5-7-15(21)8-6-14)18(29-20)19(27)22-11-13-3-9-16(28-2)10-4-13/h3-10,17-18,25H,11H2,1-2H3,(H,22,27)/t17-,18+/m0/s1. The maximum absolute atomic E-state index is 13.1. The van der Waals surface area contributed by atoms with Gasteiger partial charge in [0.15, 0.2) is 0 Å². The predicted octanol–water partition coefficient (Wildman–Crippen LogP) is 3.32. The molecule has 1 amide bonds. The lowest BCUT2D eigenvalue weighted by Gasteiger charge is -2.32. The van der Waals surface area contributed by atoms with E-state index >= 15 is 0 Å². The first-order valence-electron chi connectivity index (χ1n) is 9.06. The van der Waals surface area contributed by atoms with Gasteiger partial charge < -0.3 is 15.5 Å². The van der Waals surface area contributed by atoms with E-state index in [-0.39, 0.29) is 11.9 Å². The fourth-order valence-electron chi connectivity index (χ4n) is 3.11. The number of methoxy groups -OCH3 is 1. The normalized spacial score (nSPS) is 17.9. The van der Waals surface area contributed by atoms with Gasteiger partial charge in [0.1, 0.15) is 16.8 Å². The lowest BCUT2D eigenvalue weighted by atomic mass is 10.0. The fourth-order valence-corrected chi connectivity index (χ4v) is 4.39. The maximum atomic E-state index is 13.1. The van der Waals surface area contributed by atoms with Crippen LogP contribution in [0.4, 0.5) is 0 Å². The monoisotopic (exact) mass is 429 g/mol. The number of hydrogen-bond acceptors (Lipinski definition) is 6. The van der Waals surface area contributed by atoms with Gasteiger partial charge in [-0.25, -0.2) is 4.68 Å². The van der Waals surface area contributed by atoms with Crippen LogP contribution >= 0.6 is 23.4 Å². The molecular weight excluding hydrogens is 410 g/mol. The summed E-state index contributed by atoms with van der Waals surface area (Å²) in [6.07, 6.45) is 0. The first-order chi connectivity index (χ1) is 14.0. The summed E-state index contributed by atoms with van der Waals surface area (Å²) in [5, 5.41) is 12.2. The second-order valence-electron chi connectivity index (χ2n) is 6.63. The van der Waals surface area contributed by atoms with E-state index < -0.39 is 5.25 Å². The van der Waals surface area contributed by atoms with Crippen LogP contribution in [0.1, 0.15) is 23.0 Å². The van der Waals surface area contributed by atoms with Crippen molar-refractivity contribution < 1.29 is 9.53 Å². The highest BCUT2D eigenvalue weighted by atomic mass is 35.5. The number of benzene rings is 2. The minimum atomic E-state index is -0.412. The van der Waals surface area contributed by atoms with Gasteiger partial charge in [-0.2, -0.15) is 0 Å². The molecule has 0 spiro atoms. The Balaban J connectivity index is 1.54. The second-order valence-corrected chi connectivity index (χ2v) is 8.17. The Bertz CT molecular complexity index is 1010. The Morgan fingerprint density at radius 3 is 2.62 bits per heavy atom. The molecule has 1 aromatic heterocycles. The first-order valence-corrected chi connectivity index (χ1v) is 10.3. The number of carbonyl (C=O) groups is 1. The largest absolute Gasteiger partial charge is 0.497 e. The van der Waals surface area contributed by atoms with Crippen molar-refractivity contribution in [3.05, 3.63) is 70.5 Å². The molecule has 0 bridgehead atoms. The summed E-state index contributed by atoms with van der Waals surface area (Å²) in [7, 11) is 1.63. The number of aryl methyl sites for hydroxylation is 1. The van der Waals surface area contributed by atoms with Gasteiger partial charge in [-0.05, 0) is 42.3 Å². The molecule has 150 valence electrons. The summed E-state index contributed by atoms with van der Waals surface area (Å²) >= 11 is 7.43. The van der Waals surface area contributed by atoms with E-state index in [1.807, 2.05) is 60.1 Å². The molecule has 29 heavy (non-hydrogen) atoms. The molecule has 4 rings (SSSR count). The molecule has 2 heterocycles. The molecule has 2 atom stereocenters. The average molecular weight is 430 g/mol. The Morgan fingerprint density at radius 2 is 1.93 bits per heavy atom. The third-order valence-electron chi connectivity index (χ3n) is 4.71. The molecule has 1 aliphatic rings. The van der Waals surface area contributed by atoms with Crippen LogP contribution in [0, 0.1) is 6.92 Å². The third kappa shape index (κ3) is 4.18. The van der Waals surface area contributed by atoms with Gasteiger partial charge >= 0.3 is 0 Å². The summed E-state index contributed by atoms with van der Waals surface area (Å²) in [5.74, 6) is 1.44. The fraction of sp³-hybridized carbons (Fsp3) is 0.250. The van der Waals surface area contributed by atoms with E-state index in [0.29, 0.717) is 16.7 Å². The highest BCUT2D eigenvalue weighted by Gasteiger charge is 2.37. The number of amides is 1. The van der Waals surface area contributed by atoms with E-state index in [1.165, 1.54) is 11.8 Å². The number of aromatic nitrogens is 3. The third-order valence-corrected chi connectivity index (χ3v) is 6.18. The minimum absolute atomic E-state index is 0.0785. The zero-order chi connectivity index (χ0) is 20.4. The lowest BCUT2D eigenvalue weighted by molar-refractivity contribution is -0.121. The number of nitrogens with zero attached hydrogens (tertiary/aromatic N) is 3. The van der Waals surface area contributed by atoms with Gasteiger partial charge in [0, 0.05) is 11.6 Å². The molecule has 1 aliphatic heterocycles. The van der Waals surface area contributed by atoms with Gasteiger partial charge in [0.2, 0.25) is 11.1 Å². The van der Waals surface area contributed by atoms with Crippen LogP contribution in [0.15, 0.2) is 53.7 Å². The molecule has 9 heteroatoms. The molecule has 0 aliphatic carbocycles. The Morgan fingerprint density at radius 1 is 1.21 bits per heavy atom. The zero-order valence-corrected chi connectivity index (χ0v) is 17.5. The topological polar surface area (TPSA) is 81.1 Å². The van der Waals surface area contributed by atoms with E-state index in [9.17, 15) is 4.79 Å². The number of halogens is 1. The Kier molecular flexibility index (Phi) is 5.64.